The summed E-state index contributed by atoms with van der Waals surface area (Å²) in [5, 5.41) is 0. The fourth-order valence-corrected chi connectivity index (χ4v) is 3.09. The Balaban J connectivity index is 1.90. The molecule has 1 nitrogen and oxygen atoms in total. The molecule has 2 rings (SSSR count). The largest absolute Gasteiger partial charge is 0.290 e. The molecule has 1 unspecified atom stereocenters. The Labute approximate surface area is 117 Å². The molecule has 2 aliphatic carbocycles. The van der Waals surface area contributed by atoms with Crippen molar-refractivity contribution in [2.24, 2.45) is 5.41 Å². The first-order valence-electron chi connectivity index (χ1n) is 7.86. The molecular formula is C18H26O. The molecule has 104 valence electrons. The summed E-state index contributed by atoms with van der Waals surface area (Å²) in [5.74, 6) is 0.246. The zero-order chi connectivity index (χ0) is 13.6. The minimum Gasteiger partial charge on any atom is -0.290 e. The lowest BCUT2D eigenvalue weighted by molar-refractivity contribution is -0.111. The molecule has 0 radical (unpaired) electrons. The van der Waals surface area contributed by atoms with Crippen molar-refractivity contribution in [3.8, 4) is 0 Å². The molecule has 2 aliphatic rings. The van der Waals surface area contributed by atoms with Gasteiger partial charge < -0.3 is 0 Å². The second kappa shape index (κ2) is 6.88. The highest BCUT2D eigenvalue weighted by atomic mass is 16.1. The van der Waals surface area contributed by atoms with Gasteiger partial charge in [-0.05, 0) is 43.8 Å². The van der Waals surface area contributed by atoms with E-state index in [2.05, 4.69) is 31.2 Å². The Bertz CT molecular complexity index is 400. The third-order valence-corrected chi connectivity index (χ3v) is 4.34. The molecule has 0 saturated carbocycles. The van der Waals surface area contributed by atoms with Crippen LogP contribution in [0.1, 0.15) is 64.7 Å². The Morgan fingerprint density at radius 1 is 1.16 bits per heavy atom. The van der Waals surface area contributed by atoms with Crippen molar-refractivity contribution in [2.45, 2.75) is 64.7 Å². The number of hydrogen-bond donors (Lipinski definition) is 0. The van der Waals surface area contributed by atoms with E-state index in [0.717, 1.165) is 37.7 Å². The highest BCUT2D eigenvalue weighted by molar-refractivity contribution is 6.05. The summed E-state index contributed by atoms with van der Waals surface area (Å²) >= 11 is 0. The first-order valence-corrected chi connectivity index (χ1v) is 7.86. The Morgan fingerprint density at radius 2 is 2.00 bits per heavy atom. The molecule has 1 heteroatoms. The highest BCUT2D eigenvalue weighted by Crippen LogP contribution is 2.39. The van der Waals surface area contributed by atoms with Gasteiger partial charge in [0.2, 0.25) is 0 Å². The van der Waals surface area contributed by atoms with E-state index in [1.807, 2.05) is 6.08 Å². The van der Waals surface area contributed by atoms with Gasteiger partial charge >= 0.3 is 0 Å². The smallest absolute Gasteiger partial charge is 0.181 e. The van der Waals surface area contributed by atoms with Gasteiger partial charge in [-0.1, -0.05) is 56.9 Å². The van der Waals surface area contributed by atoms with Gasteiger partial charge in [0, 0.05) is 5.41 Å². The number of carbonyl (C=O) groups is 1. The van der Waals surface area contributed by atoms with E-state index in [1.54, 1.807) is 0 Å². The molecular weight excluding hydrogens is 232 g/mol. The highest BCUT2D eigenvalue weighted by Gasteiger charge is 2.29. The zero-order valence-electron chi connectivity index (χ0n) is 12.2. The maximum absolute atomic E-state index is 12.0. The zero-order valence-corrected chi connectivity index (χ0v) is 12.2. The molecule has 0 heterocycles. The Morgan fingerprint density at radius 3 is 2.74 bits per heavy atom. The quantitative estimate of drug-likeness (QED) is 0.476. The van der Waals surface area contributed by atoms with Crippen molar-refractivity contribution in [1.29, 1.82) is 0 Å². The standard InChI is InChI=1S/C18H26O/c1-2-3-4-5-7-10-16-15-18(14-11-17(16)19)12-8-6-9-13-18/h6,8,11,14-15H,2-5,7,9-10,12-13H2,1H3. The maximum atomic E-state index is 12.0. The Kier molecular flexibility index (Phi) is 5.18. The molecule has 1 spiro atoms. The molecule has 0 fully saturated rings. The van der Waals surface area contributed by atoms with Crippen LogP contribution in [0.3, 0.4) is 0 Å². The minimum atomic E-state index is 0.154. The number of unbranched alkanes of at least 4 members (excludes halogenated alkanes) is 4. The van der Waals surface area contributed by atoms with Crippen LogP contribution in [0.4, 0.5) is 0 Å². The first-order chi connectivity index (χ1) is 9.26. The summed E-state index contributed by atoms with van der Waals surface area (Å²) in [5.41, 5.74) is 1.22. The van der Waals surface area contributed by atoms with Gasteiger partial charge in [-0.2, -0.15) is 0 Å². The molecule has 0 N–H and O–H groups in total. The van der Waals surface area contributed by atoms with Gasteiger partial charge in [0.25, 0.3) is 0 Å². The number of ketones is 1. The molecule has 0 aromatic carbocycles. The monoisotopic (exact) mass is 258 g/mol. The van der Waals surface area contributed by atoms with E-state index < -0.39 is 0 Å². The summed E-state index contributed by atoms with van der Waals surface area (Å²) in [6.45, 7) is 2.23. The van der Waals surface area contributed by atoms with Crippen LogP contribution in [0.5, 0.6) is 0 Å². The van der Waals surface area contributed by atoms with E-state index in [9.17, 15) is 4.79 Å². The van der Waals surface area contributed by atoms with Crippen LogP contribution in [-0.2, 0) is 4.79 Å². The van der Waals surface area contributed by atoms with Crippen LogP contribution in [0, 0.1) is 5.41 Å². The van der Waals surface area contributed by atoms with Gasteiger partial charge in [0.1, 0.15) is 0 Å². The van der Waals surface area contributed by atoms with E-state index in [4.69, 9.17) is 0 Å². The fraction of sp³-hybridized carbons (Fsp3) is 0.611. The van der Waals surface area contributed by atoms with E-state index in [0.29, 0.717) is 0 Å². The Hall–Kier alpha value is -1.11. The molecule has 19 heavy (non-hydrogen) atoms. The molecule has 0 aromatic heterocycles. The fourth-order valence-electron chi connectivity index (χ4n) is 3.09. The van der Waals surface area contributed by atoms with Crippen molar-refractivity contribution >= 4 is 5.78 Å². The number of carbonyl (C=O) groups excluding carboxylic acids is 1. The second-order valence-electron chi connectivity index (χ2n) is 5.98. The summed E-state index contributed by atoms with van der Waals surface area (Å²) in [6.07, 6.45) is 21.4. The summed E-state index contributed by atoms with van der Waals surface area (Å²) < 4.78 is 0. The topological polar surface area (TPSA) is 17.1 Å². The second-order valence-corrected chi connectivity index (χ2v) is 5.98. The summed E-state index contributed by atoms with van der Waals surface area (Å²) in [7, 11) is 0. The summed E-state index contributed by atoms with van der Waals surface area (Å²) in [6, 6.07) is 0. The third-order valence-electron chi connectivity index (χ3n) is 4.34. The number of rotatable bonds is 6. The van der Waals surface area contributed by atoms with Crippen molar-refractivity contribution in [2.75, 3.05) is 0 Å². The molecule has 0 aliphatic heterocycles. The van der Waals surface area contributed by atoms with Crippen molar-refractivity contribution < 1.29 is 4.79 Å². The van der Waals surface area contributed by atoms with Crippen LogP contribution >= 0.6 is 0 Å². The van der Waals surface area contributed by atoms with Crippen LogP contribution < -0.4 is 0 Å². The summed E-state index contributed by atoms with van der Waals surface area (Å²) in [4.78, 5) is 12.0. The normalized spacial score (nSPS) is 25.9. The number of allylic oxidation sites excluding steroid dienone is 6. The average Bonchev–Trinajstić information content (AvgIpc) is 2.44. The predicted octanol–water partition coefficient (Wildman–Crippen LogP) is 5.14. The molecule has 0 saturated heterocycles. The maximum Gasteiger partial charge on any atom is 0.181 e. The molecule has 0 bridgehead atoms. The third kappa shape index (κ3) is 3.92. The van der Waals surface area contributed by atoms with Gasteiger partial charge in [0.05, 0.1) is 0 Å². The van der Waals surface area contributed by atoms with Gasteiger partial charge in [0.15, 0.2) is 5.78 Å². The van der Waals surface area contributed by atoms with Gasteiger partial charge in [-0.15, -0.1) is 0 Å². The van der Waals surface area contributed by atoms with E-state index in [-0.39, 0.29) is 11.2 Å². The van der Waals surface area contributed by atoms with Gasteiger partial charge in [-0.25, -0.2) is 0 Å². The molecule has 1 atom stereocenters. The first kappa shape index (κ1) is 14.3. The van der Waals surface area contributed by atoms with Crippen LogP contribution in [0.2, 0.25) is 0 Å². The molecule has 0 aromatic rings. The van der Waals surface area contributed by atoms with Crippen LogP contribution in [-0.4, -0.2) is 5.78 Å². The lowest BCUT2D eigenvalue weighted by Gasteiger charge is -2.31. The van der Waals surface area contributed by atoms with E-state index in [1.165, 1.54) is 25.7 Å². The van der Waals surface area contributed by atoms with Crippen molar-refractivity contribution in [1.82, 2.24) is 0 Å². The van der Waals surface area contributed by atoms with Crippen LogP contribution in [0.15, 0.2) is 36.0 Å². The van der Waals surface area contributed by atoms with Crippen molar-refractivity contribution in [3.63, 3.8) is 0 Å². The lowest BCUT2D eigenvalue weighted by Crippen LogP contribution is -2.22. The molecule has 0 amide bonds. The SMILES string of the molecule is CCCCCCCC1=CC2(C=CC1=O)CC=CCC2. The predicted molar refractivity (Wildman–Crippen MR) is 81.0 cm³/mol. The average molecular weight is 258 g/mol. The minimum absolute atomic E-state index is 0.154. The lowest BCUT2D eigenvalue weighted by atomic mass is 9.72. The van der Waals surface area contributed by atoms with Crippen LogP contribution in [0.25, 0.3) is 0 Å². The van der Waals surface area contributed by atoms with E-state index >= 15 is 0 Å². The number of hydrogen-bond acceptors (Lipinski definition) is 1. The van der Waals surface area contributed by atoms with Crippen molar-refractivity contribution in [3.05, 3.63) is 36.0 Å². The van der Waals surface area contributed by atoms with Gasteiger partial charge in [-0.3, -0.25) is 4.79 Å².